The summed E-state index contributed by atoms with van der Waals surface area (Å²) in [6.45, 7) is 6.33. The second-order valence-electron chi connectivity index (χ2n) is 10.1. The van der Waals surface area contributed by atoms with Crippen LogP contribution in [0, 0.1) is 22.2 Å². The SMILES string of the molecule is CC(C)(C)[C@H](N)C(=O)N1CC2(CC2)CC1C(=O)NC(C#N)c1cncc2ccccc12. The number of nitrogens with one attached hydrogen (secondary N) is 1. The number of carbonyl (C=O) groups is 2. The van der Waals surface area contributed by atoms with Gasteiger partial charge in [-0.15, -0.1) is 0 Å². The summed E-state index contributed by atoms with van der Waals surface area (Å²) in [5.74, 6) is -0.505. The molecule has 7 nitrogen and oxygen atoms in total. The van der Waals surface area contributed by atoms with Crippen molar-refractivity contribution in [1.29, 1.82) is 5.26 Å². The quantitative estimate of drug-likeness (QED) is 0.791. The Morgan fingerprint density at radius 1 is 1.29 bits per heavy atom. The smallest absolute Gasteiger partial charge is 0.244 e. The number of aromatic nitrogens is 1. The number of nitrogens with zero attached hydrogens (tertiary/aromatic N) is 3. The number of hydrogen-bond acceptors (Lipinski definition) is 5. The van der Waals surface area contributed by atoms with Crippen molar-refractivity contribution in [3.63, 3.8) is 0 Å². The second-order valence-corrected chi connectivity index (χ2v) is 10.1. The van der Waals surface area contributed by atoms with Gasteiger partial charge in [-0.2, -0.15) is 5.26 Å². The third-order valence-corrected chi connectivity index (χ3v) is 6.68. The summed E-state index contributed by atoms with van der Waals surface area (Å²) in [6.07, 6.45) is 6.00. The fourth-order valence-corrected chi connectivity index (χ4v) is 4.40. The summed E-state index contributed by atoms with van der Waals surface area (Å²) in [6, 6.07) is 7.67. The molecule has 0 bridgehead atoms. The predicted molar refractivity (Wildman–Crippen MR) is 117 cm³/mol. The van der Waals surface area contributed by atoms with E-state index in [1.807, 2.05) is 45.0 Å². The van der Waals surface area contributed by atoms with Gasteiger partial charge >= 0.3 is 0 Å². The highest BCUT2D eigenvalue weighted by molar-refractivity contribution is 5.92. The van der Waals surface area contributed by atoms with Gasteiger partial charge in [0.05, 0.1) is 12.1 Å². The van der Waals surface area contributed by atoms with E-state index in [4.69, 9.17) is 5.73 Å². The zero-order chi connectivity index (χ0) is 22.4. The lowest BCUT2D eigenvalue weighted by atomic mass is 9.86. The van der Waals surface area contributed by atoms with E-state index < -0.39 is 23.5 Å². The number of rotatable bonds is 4. The Labute approximate surface area is 182 Å². The van der Waals surface area contributed by atoms with Crippen LogP contribution in [-0.4, -0.2) is 40.3 Å². The van der Waals surface area contributed by atoms with Crippen molar-refractivity contribution < 1.29 is 9.59 Å². The summed E-state index contributed by atoms with van der Waals surface area (Å²) in [4.78, 5) is 32.4. The van der Waals surface area contributed by atoms with Gasteiger partial charge < -0.3 is 16.0 Å². The highest BCUT2D eigenvalue weighted by atomic mass is 16.2. The minimum Gasteiger partial charge on any atom is -0.335 e. The van der Waals surface area contributed by atoms with E-state index in [1.54, 1.807) is 17.3 Å². The van der Waals surface area contributed by atoms with Crippen molar-refractivity contribution in [1.82, 2.24) is 15.2 Å². The summed E-state index contributed by atoms with van der Waals surface area (Å²) in [5.41, 5.74) is 6.52. The highest BCUT2D eigenvalue weighted by Crippen LogP contribution is 2.55. The van der Waals surface area contributed by atoms with Crippen LogP contribution in [0.25, 0.3) is 10.8 Å². The van der Waals surface area contributed by atoms with Gasteiger partial charge in [-0.25, -0.2) is 0 Å². The van der Waals surface area contributed by atoms with Crippen LogP contribution in [0.5, 0.6) is 0 Å². The first-order valence-electron chi connectivity index (χ1n) is 10.7. The van der Waals surface area contributed by atoms with Crippen LogP contribution in [0.15, 0.2) is 36.7 Å². The molecule has 0 radical (unpaired) electrons. The number of pyridine rings is 1. The van der Waals surface area contributed by atoms with Crippen molar-refractivity contribution in [3.8, 4) is 6.07 Å². The van der Waals surface area contributed by atoms with Crippen LogP contribution in [0.1, 0.15) is 51.6 Å². The van der Waals surface area contributed by atoms with Crippen molar-refractivity contribution in [3.05, 3.63) is 42.2 Å². The zero-order valence-electron chi connectivity index (χ0n) is 18.3. The second kappa shape index (κ2) is 7.61. The lowest BCUT2D eigenvalue weighted by Gasteiger charge is -2.33. The topological polar surface area (TPSA) is 112 Å². The van der Waals surface area contributed by atoms with E-state index in [0.717, 1.165) is 23.6 Å². The van der Waals surface area contributed by atoms with E-state index in [1.165, 1.54) is 0 Å². The Morgan fingerprint density at radius 3 is 2.65 bits per heavy atom. The van der Waals surface area contributed by atoms with E-state index >= 15 is 0 Å². The number of likely N-dealkylation sites (tertiary alicyclic amines) is 1. The highest BCUT2D eigenvalue weighted by Gasteiger charge is 2.56. The number of benzene rings is 1. The summed E-state index contributed by atoms with van der Waals surface area (Å²) >= 11 is 0. The molecule has 3 N–H and O–H groups in total. The molecule has 3 atom stereocenters. The molecule has 1 saturated heterocycles. The molecular formula is C24H29N5O2. The third-order valence-electron chi connectivity index (χ3n) is 6.68. The van der Waals surface area contributed by atoms with E-state index in [-0.39, 0.29) is 17.2 Å². The fourth-order valence-electron chi connectivity index (χ4n) is 4.40. The predicted octanol–water partition coefficient (Wildman–Crippen LogP) is 2.67. The molecule has 2 aliphatic rings. The average molecular weight is 420 g/mol. The normalized spacial score (nSPS) is 21.5. The van der Waals surface area contributed by atoms with Crippen LogP contribution in [0.2, 0.25) is 0 Å². The van der Waals surface area contributed by atoms with E-state index in [9.17, 15) is 14.9 Å². The van der Waals surface area contributed by atoms with Crippen LogP contribution in [0.4, 0.5) is 0 Å². The van der Waals surface area contributed by atoms with E-state index in [2.05, 4.69) is 16.4 Å². The number of hydrogen-bond donors (Lipinski definition) is 2. The van der Waals surface area contributed by atoms with Gasteiger partial charge in [-0.1, -0.05) is 45.0 Å². The molecule has 2 unspecified atom stereocenters. The molecule has 7 heteroatoms. The van der Waals surface area contributed by atoms with Crippen LogP contribution >= 0.6 is 0 Å². The molecule has 1 aromatic carbocycles. The summed E-state index contributed by atoms with van der Waals surface area (Å²) in [5, 5.41) is 14.5. The largest absolute Gasteiger partial charge is 0.335 e. The zero-order valence-corrected chi connectivity index (χ0v) is 18.3. The maximum absolute atomic E-state index is 13.3. The average Bonchev–Trinajstić information content (AvgIpc) is 3.39. The molecule has 1 spiro atoms. The van der Waals surface area contributed by atoms with Crippen LogP contribution < -0.4 is 11.1 Å². The van der Waals surface area contributed by atoms with Crippen molar-refractivity contribution >= 4 is 22.6 Å². The molecule has 2 fully saturated rings. The monoisotopic (exact) mass is 419 g/mol. The first-order valence-corrected chi connectivity index (χ1v) is 10.7. The Balaban J connectivity index is 1.58. The minimum absolute atomic E-state index is 0.0262. The lowest BCUT2D eigenvalue weighted by Crippen LogP contribution is -2.55. The molecule has 4 rings (SSSR count). The van der Waals surface area contributed by atoms with Crippen molar-refractivity contribution in [2.24, 2.45) is 16.6 Å². The van der Waals surface area contributed by atoms with Crippen LogP contribution in [-0.2, 0) is 9.59 Å². The maximum Gasteiger partial charge on any atom is 0.244 e. The standard InChI is InChI=1S/C24H29N5O2/c1-23(2,3)20(26)22(31)29-14-24(8-9-24)10-19(29)21(30)28-18(11-25)17-13-27-12-15-6-4-5-7-16(15)17/h4-7,12-13,18-20H,8-10,14,26H2,1-3H3,(H,28,30)/t18?,19?,20-/m1/s1. The number of nitrogens with two attached hydrogens (primary N) is 1. The molecule has 2 heterocycles. The molecular weight excluding hydrogens is 390 g/mol. The molecule has 2 aromatic rings. The van der Waals surface area contributed by atoms with Crippen LogP contribution in [0.3, 0.4) is 0 Å². The first kappa shape index (κ1) is 21.3. The van der Waals surface area contributed by atoms with Crippen molar-refractivity contribution in [2.45, 2.75) is 58.2 Å². The van der Waals surface area contributed by atoms with Gasteiger partial charge in [0.1, 0.15) is 12.1 Å². The van der Waals surface area contributed by atoms with Gasteiger partial charge in [0.2, 0.25) is 11.8 Å². The first-order chi connectivity index (χ1) is 14.6. The summed E-state index contributed by atoms with van der Waals surface area (Å²) < 4.78 is 0. The number of fused-ring (bicyclic) bond motifs is 1. The molecule has 162 valence electrons. The van der Waals surface area contributed by atoms with Gasteiger partial charge in [-0.05, 0) is 35.5 Å². The Morgan fingerprint density at radius 2 is 2.00 bits per heavy atom. The Kier molecular flexibility index (Phi) is 5.22. The molecule has 31 heavy (non-hydrogen) atoms. The molecule has 2 amide bonds. The van der Waals surface area contributed by atoms with E-state index in [0.29, 0.717) is 18.5 Å². The molecule has 1 aliphatic carbocycles. The molecule has 1 aromatic heterocycles. The van der Waals surface area contributed by atoms with Crippen molar-refractivity contribution in [2.75, 3.05) is 6.54 Å². The summed E-state index contributed by atoms with van der Waals surface area (Å²) in [7, 11) is 0. The Hall–Kier alpha value is -2.98. The van der Waals surface area contributed by atoms with Gasteiger partial charge in [0.15, 0.2) is 0 Å². The van der Waals surface area contributed by atoms with Gasteiger partial charge in [0, 0.05) is 29.9 Å². The number of nitriles is 1. The van der Waals surface area contributed by atoms with Gasteiger partial charge in [0.25, 0.3) is 0 Å². The minimum atomic E-state index is -0.852. The fraction of sp³-hybridized carbons (Fsp3) is 0.500. The molecule has 1 aliphatic heterocycles. The maximum atomic E-state index is 13.3. The lowest BCUT2D eigenvalue weighted by molar-refractivity contribution is -0.141. The third kappa shape index (κ3) is 4.00. The van der Waals surface area contributed by atoms with Gasteiger partial charge in [-0.3, -0.25) is 14.6 Å². The molecule has 1 saturated carbocycles. The number of amides is 2. The number of carbonyl (C=O) groups excluding carboxylic acids is 2. The Bertz CT molecular complexity index is 1060.